The molecular formula is C18H27N3O. The molecule has 0 bridgehead atoms. The van der Waals surface area contributed by atoms with Crippen LogP contribution in [0.25, 0.3) is 5.65 Å². The number of carbonyl (C=O) groups excluding carboxylic acids is 1. The molecule has 0 spiro atoms. The van der Waals surface area contributed by atoms with E-state index < -0.39 is 0 Å². The third-order valence-electron chi connectivity index (χ3n) is 3.52. The number of hydrogen-bond acceptors (Lipinski definition) is 2. The third kappa shape index (κ3) is 4.33. The molecule has 0 radical (unpaired) electrons. The molecule has 0 aliphatic heterocycles. The van der Waals surface area contributed by atoms with Crippen molar-refractivity contribution in [3.8, 4) is 0 Å². The minimum absolute atomic E-state index is 0.169. The SMILES string of the molecule is Cc1ccn2cc(CC(=O)N(CC(C)C)CC(C)C)nc2c1. The standard InChI is InChI=1S/C18H27N3O/c1-13(2)10-21(11-14(3)4)18(22)9-16-12-20-7-6-15(5)8-17(20)19-16/h6-8,12-14H,9-11H2,1-5H3. The van der Waals surface area contributed by atoms with Gasteiger partial charge in [0.2, 0.25) is 5.91 Å². The first kappa shape index (κ1) is 16.5. The molecule has 22 heavy (non-hydrogen) atoms. The lowest BCUT2D eigenvalue weighted by atomic mass is 10.1. The zero-order valence-electron chi connectivity index (χ0n) is 14.3. The number of aryl methyl sites for hydroxylation is 1. The predicted octanol–water partition coefficient (Wildman–Crippen LogP) is 3.33. The van der Waals surface area contributed by atoms with Gasteiger partial charge in [0.05, 0.1) is 12.1 Å². The number of rotatable bonds is 6. The third-order valence-corrected chi connectivity index (χ3v) is 3.52. The second kappa shape index (κ2) is 6.95. The first-order chi connectivity index (χ1) is 10.3. The van der Waals surface area contributed by atoms with Crippen LogP contribution in [0.1, 0.15) is 39.0 Å². The van der Waals surface area contributed by atoms with E-state index in [-0.39, 0.29) is 5.91 Å². The molecule has 1 amide bonds. The lowest BCUT2D eigenvalue weighted by Crippen LogP contribution is -2.38. The molecule has 2 aromatic rings. The van der Waals surface area contributed by atoms with Crippen LogP contribution in [0, 0.1) is 18.8 Å². The Labute approximate surface area is 133 Å². The second-order valence-corrected chi connectivity index (χ2v) is 6.96. The van der Waals surface area contributed by atoms with E-state index in [1.165, 1.54) is 5.56 Å². The molecular weight excluding hydrogens is 274 g/mol. The van der Waals surface area contributed by atoms with E-state index >= 15 is 0 Å². The lowest BCUT2D eigenvalue weighted by molar-refractivity contribution is -0.131. The normalized spacial score (nSPS) is 11.6. The van der Waals surface area contributed by atoms with Gasteiger partial charge in [-0.2, -0.15) is 0 Å². The summed E-state index contributed by atoms with van der Waals surface area (Å²) >= 11 is 0. The van der Waals surface area contributed by atoms with Gasteiger partial charge >= 0.3 is 0 Å². The van der Waals surface area contributed by atoms with Gasteiger partial charge in [-0.3, -0.25) is 4.79 Å². The highest BCUT2D eigenvalue weighted by Gasteiger charge is 2.18. The Morgan fingerprint density at radius 2 is 1.86 bits per heavy atom. The van der Waals surface area contributed by atoms with Gasteiger partial charge < -0.3 is 9.30 Å². The summed E-state index contributed by atoms with van der Waals surface area (Å²) in [5, 5.41) is 0. The Bertz CT molecular complexity index is 633. The van der Waals surface area contributed by atoms with Crippen molar-refractivity contribution in [2.45, 2.75) is 41.0 Å². The molecule has 0 saturated carbocycles. The molecule has 0 aliphatic rings. The van der Waals surface area contributed by atoms with Crippen molar-refractivity contribution in [3.05, 3.63) is 35.8 Å². The highest BCUT2D eigenvalue weighted by atomic mass is 16.2. The number of nitrogens with zero attached hydrogens (tertiary/aromatic N) is 3. The summed E-state index contributed by atoms with van der Waals surface area (Å²) < 4.78 is 1.98. The van der Waals surface area contributed by atoms with E-state index in [9.17, 15) is 4.79 Å². The largest absolute Gasteiger partial charge is 0.342 e. The van der Waals surface area contributed by atoms with Crippen molar-refractivity contribution in [1.29, 1.82) is 0 Å². The maximum absolute atomic E-state index is 12.6. The van der Waals surface area contributed by atoms with Crippen molar-refractivity contribution in [3.63, 3.8) is 0 Å². The van der Waals surface area contributed by atoms with Gasteiger partial charge in [-0.25, -0.2) is 4.98 Å². The summed E-state index contributed by atoms with van der Waals surface area (Å²) in [6.45, 7) is 12.3. The van der Waals surface area contributed by atoms with Crippen LogP contribution in [0.3, 0.4) is 0 Å². The molecule has 0 atom stereocenters. The van der Waals surface area contributed by atoms with Crippen molar-refractivity contribution in [1.82, 2.24) is 14.3 Å². The maximum atomic E-state index is 12.6. The van der Waals surface area contributed by atoms with Gasteiger partial charge in [0.25, 0.3) is 0 Å². The fraction of sp³-hybridized carbons (Fsp3) is 0.556. The van der Waals surface area contributed by atoms with Gasteiger partial charge in [-0.1, -0.05) is 27.7 Å². The molecule has 4 nitrogen and oxygen atoms in total. The first-order valence-electron chi connectivity index (χ1n) is 8.07. The quantitative estimate of drug-likeness (QED) is 0.821. The van der Waals surface area contributed by atoms with E-state index in [1.807, 2.05) is 40.8 Å². The Hall–Kier alpha value is -1.84. The summed E-state index contributed by atoms with van der Waals surface area (Å²) in [4.78, 5) is 19.2. The van der Waals surface area contributed by atoms with E-state index in [0.717, 1.165) is 24.4 Å². The number of amides is 1. The number of hydrogen-bond donors (Lipinski definition) is 0. The zero-order chi connectivity index (χ0) is 16.3. The number of pyridine rings is 1. The van der Waals surface area contributed by atoms with Crippen LogP contribution in [-0.4, -0.2) is 33.3 Å². The van der Waals surface area contributed by atoms with Gasteiger partial charge in [-0.15, -0.1) is 0 Å². The fourth-order valence-electron chi connectivity index (χ4n) is 2.65. The van der Waals surface area contributed by atoms with E-state index in [4.69, 9.17) is 0 Å². The Morgan fingerprint density at radius 3 is 2.45 bits per heavy atom. The molecule has 120 valence electrons. The van der Waals surface area contributed by atoms with Crippen LogP contribution in [0.4, 0.5) is 0 Å². The Kier molecular flexibility index (Phi) is 5.22. The minimum Gasteiger partial charge on any atom is -0.342 e. The molecule has 0 unspecified atom stereocenters. The fourth-order valence-corrected chi connectivity index (χ4v) is 2.65. The van der Waals surface area contributed by atoms with E-state index in [1.54, 1.807) is 0 Å². The molecule has 0 aromatic carbocycles. The highest BCUT2D eigenvalue weighted by Crippen LogP contribution is 2.11. The van der Waals surface area contributed by atoms with Gasteiger partial charge in [0, 0.05) is 25.5 Å². The molecule has 2 aromatic heterocycles. The van der Waals surface area contributed by atoms with Crippen LogP contribution >= 0.6 is 0 Å². The average Bonchev–Trinajstić information content (AvgIpc) is 2.78. The Morgan fingerprint density at radius 1 is 1.23 bits per heavy atom. The summed E-state index contributed by atoms with van der Waals surface area (Å²) in [6.07, 6.45) is 4.32. The number of aromatic nitrogens is 2. The predicted molar refractivity (Wildman–Crippen MR) is 89.9 cm³/mol. The summed E-state index contributed by atoms with van der Waals surface area (Å²) in [5.74, 6) is 1.13. The second-order valence-electron chi connectivity index (χ2n) is 6.96. The summed E-state index contributed by atoms with van der Waals surface area (Å²) in [6, 6.07) is 4.08. The van der Waals surface area contributed by atoms with Crippen molar-refractivity contribution >= 4 is 11.6 Å². The van der Waals surface area contributed by atoms with Crippen LogP contribution in [0.2, 0.25) is 0 Å². The van der Waals surface area contributed by atoms with E-state index in [0.29, 0.717) is 18.3 Å². The molecule has 4 heteroatoms. The zero-order valence-corrected chi connectivity index (χ0v) is 14.3. The molecule has 0 saturated heterocycles. The number of imidazole rings is 1. The van der Waals surface area contributed by atoms with Gasteiger partial charge in [0.1, 0.15) is 5.65 Å². The van der Waals surface area contributed by atoms with Crippen molar-refractivity contribution in [2.24, 2.45) is 11.8 Å². The number of fused-ring (bicyclic) bond motifs is 1. The number of carbonyl (C=O) groups is 1. The maximum Gasteiger partial charge on any atom is 0.228 e. The average molecular weight is 301 g/mol. The smallest absolute Gasteiger partial charge is 0.228 e. The molecule has 0 N–H and O–H groups in total. The first-order valence-corrected chi connectivity index (χ1v) is 8.07. The summed E-state index contributed by atoms with van der Waals surface area (Å²) in [7, 11) is 0. The van der Waals surface area contributed by atoms with Crippen molar-refractivity contribution < 1.29 is 4.79 Å². The molecule has 2 heterocycles. The summed E-state index contributed by atoms with van der Waals surface area (Å²) in [5.41, 5.74) is 2.92. The molecule has 0 aliphatic carbocycles. The topological polar surface area (TPSA) is 37.6 Å². The van der Waals surface area contributed by atoms with Crippen LogP contribution in [-0.2, 0) is 11.2 Å². The minimum atomic E-state index is 0.169. The van der Waals surface area contributed by atoms with Crippen molar-refractivity contribution in [2.75, 3.05) is 13.1 Å². The van der Waals surface area contributed by atoms with Gasteiger partial charge in [-0.05, 0) is 36.5 Å². The van der Waals surface area contributed by atoms with Crippen LogP contribution in [0.5, 0.6) is 0 Å². The van der Waals surface area contributed by atoms with Crippen LogP contribution < -0.4 is 0 Å². The van der Waals surface area contributed by atoms with E-state index in [2.05, 4.69) is 32.7 Å². The highest BCUT2D eigenvalue weighted by molar-refractivity contribution is 5.78. The molecule has 2 rings (SSSR count). The molecule has 0 fully saturated rings. The lowest BCUT2D eigenvalue weighted by Gasteiger charge is -2.26. The monoisotopic (exact) mass is 301 g/mol. The van der Waals surface area contributed by atoms with Gasteiger partial charge in [0.15, 0.2) is 0 Å². The van der Waals surface area contributed by atoms with Crippen LogP contribution in [0.15, 0.2) is 24.5 Å². The Balaban J connectivity index is 2.12.